The number of carbonyl (C=O) groups excluding carboxylic acids is 2. The number of allylic oxidation sites excluding steroid dienone is 1. The van der Waals surface area contributed by atoms with Crippen LogP contribution < -0.4 is 5.32 Å². The Morgan fingerprint density at radius 3 is 2.74 bits per heavy atom. The summed E-state index contributed by atoms with van der Waals surface area (Å²) in [6, 6.07) is 3.81. The summed E-state index contributed by atoms with van der Waals surface area (Å²) >= 11 is 0. The van der Waals surface area contributed by atoms with Crippen molar-refractivity contribution in [2.45, 2.75) is 96.6 Å². The molecule has 5 heteroatoms. The summed E-state index contributed by atoms with van der Waals surface area (Å²) in [5, 5.41) is 13.0. The first-order valence-electron chi connectivity index (χ1n) is 12.1. The first-order valence-corrected chi connectivity index (χ1v) is 12.1. The Morgan fingerprint density at radius 1 is 1.19 bits per heavy atom. The predicted molar refractivity (Wildman–Crippen MR) is 124 cm³/mol. The van der Waals surface area contributed by atoms with Gasteiger partial charge in [0.05, 0.1) is 6.10 Å². The fourth-order valence-corrected chi connectivity index (χ4v) is 4.30. The van der Waals surface area contributed by atoms with E-state index in [0.29, 0.717) is 25.2 Å². The van der Waals surface area contributed by atoms with Gasteiger partial charge in [0, 0.05) is 37.7 Å². The molecular formula is C26H40N2O3. The number of aliphatic hydroxyl groups excluding tert-OH is 1. The molecule has 1 aliphatic rings. The van der Waals surface area contributed by atoms with Gasteiger partial charge in [-0.15, -0.1) is 0 Å². The van der Waals surface area contributed by atoms with E-state index in [1.165, 1.54) is 0 Å². The van der Waals surface area contributed by atoms with Gasteiger partial charge in [0.25, 0.3) is 0 Å². The molecule has 0 radical (unpaired) electrons. The first kappa shape index (κ1) is 25.3. The zero-order chi connectivity index (χ0) is 22.3. The Hall–Kier alpha value is -2.01. The van der Waals surface area contributed by atoms with E-state index in [1.807, 2.05) is 18.2 Å². The largest absolute Gasteiger partial charge is 0.389 e. The van der Waals surface area contributed by atoms with Crippen molar-refractivity contribution in [3.05, 3.63) is 42.2 Å². The van der Waals surface area contributed by atoms with Gasteiger partial charge in [-0.25, -0.2) is 0 Å². The van der Waals surface area contributed by atoms with Crippen LogP contribution in [0.3, 0.4) is 0 Å². The zero-order valence-electron chi connectivity index (χ0n) is 19.1. The van der Waals surface area contributed by atoms with Crippen molar-refractivity contribution in [2.75, 3.05) is 0 Å². The number of aliphatic hydroxyl groups is 1. The van der Waals surface area contributed by atoms with Crippen LogP contribution in [-0.4, -0.2) is 27.9 Å². The summed E-state index contributed by atoms with van der Waals surface area (Å²) in [5.74, 6) is 0.867. The number of hydrogen-bond acceptors (Lipinski definition) is 4. The minimum Gasteiger partial charge on any atom is -0.389 e. The zero-order valence-corrected chi connectivity index (χ0v) is 19.1. The highest BCUT2D eigenvalue weighted by Crippen LogP contribution is 2.34. The second-order valence-electron chi connectivity index (χ2n) is 8.81. The van der Waals surface area contributed by atoms with Crippen LogP contribution >= 0.6 is 0 Å². The molecule has 3 atom stereocenters. The monoisotopic (exact) mass is 428 g/mol. The van der Waals surface area contributed by atoms with Crippen LogP contribution in [0.1, 0.15) is 89.5 Å². The molecule has 2 N–H and O–H groups in total. The van der Waals surface area contributed by atoms with Gasteiger partial charge in [-0.05, 0) is 49.3 Å². The summed E-state index contributed by atoms with van der Waals surface area (Å²) in [4.78, 5) is 28.2. The highest BCUT2D eigenvalue weighted by molar-refractivity contribution is 5.83. The molecule has 0 unspecified atom stereocenters. The van der Waals surface area contributed by atoms with Gasteiger partial charge in [-0.3, -0.25) is 14.6 Å². The molecule has 172 valence electrons. The SMILES string of the molecule is CCCCC[C@H](O)/C=C/[C@H]1CCC(=O)[C@@H]1CCCCCCC(=O)NCc1ccncc1. The number of unbranched alkanes of at least 4 members (excludes halogenated alkanes) is 5. The average molecular weight is 429 g/mol. The molecule has 31 heavy (non-hydrogen) atoms. The van der Waals surface area contributed by atoms with Crippen LogP contribution in [0.25, 0.3) is 0 Å². The summed E-state index contributed by atoms with van der Waals surface area (Å²) < 4.78 is 0. The van der Waals surface area contributed by atoms with E-state index >= 15 is 0 Å². The number of nitrogens with zero attached hydrogens (tertiary/aromatic N) is 1. The number of ketones is 1. The summed E-state index contributed by atoms with van der Waals surface area (Å²) in [6.07, 6.45) is 18.3. The van der Waals surface area contributed by atoms with Crippen molar-refractivity contribution < 1.29 is 14.7 Å². The molecule has 1 aromatic heterocycles. The van der Waals surface area contributed by atoms with Gasteiger partial charge in [-0.1, -0.05) is 57.6 Å². The molecule has 2 rings (SSSR count). The maximum atomic E-state index is 12.3. The van der Waals surface area contributed by atoms with Crippen molar-refractivity contribution in [1.29, 1.82) is 0 Å². The Balaban J connectivity index is 1.57. The molecule has 0 bridgehead atoms. The van der Waals surface area contributed by atoms with Gasteiger partial charge >= 0.3 is 0 Å². The molecule has 0 spiro atoms. The smallest absolute Gasteiger partial charge is 0.220 e. The number of carbonyl (C=O) groups is 2. The molecule has 1 heterocycles. The fourth-order valence-electron chi connectivity index (χ4n) is 4.30. The van der Waals surface area contributed by atoms with Crippen molar-refractivity contribution in [3.8, 4) is 0 Å². The third-order valence-electron chi connectivity index (χ3n) is 6.25. The molecule has 0 saturated heterocycles. The minimum atomic E-state index is -0.382. The lowest BCUT2D eigenvalue weighted by Crippen LogP contribution is -2.22. The number of nitrogens with one attached hydrogen (secondary N) is 1. The van der Waals surface area contributed by atoms with E-state index in [4.69, 9.17) is 0 Å². The highest BCUT2D eigenvalue weighted by atomic mass is 16.3. The van der Waals surface area contributed by atoms with Gasteiger partial charge in [0.15, 0.2) is 0 Å². The highest BCUT2D eigenvalue weighted by Gasteiger charge is 2.32. The molecule has 0 aliphatic heterocycles. The third-order valence-corrected chi connectivity index (χ3v) is 6.25. The van der Waals surface area contributed by atoms with E-state index in [1.54, 1.807) is 12.4 Å². The van der Waals surface area contributed by atoms with E-state index in [0.717, 1.165) is 69.8 Å². The van der Waals surface area contributed by atoms with Gasteiger partial charge in [-0.2, -0.15) is 0 Å². The second kappa shape index (κ2) is 14.9. The Bertz CT molecular complexity index is 674. The maximum Gasteiger partial charge on any atom is 0.220 e. The van der Waals surface area contributed by atoms with Crippen molar-refractivity contribution in [1.82, 2.24) is 10.3 Å². The summed E-state index contributed by atoms with van der Waals surface area (Å²) in [7, 11) is 0. The summed E-state index contributed by atoms with van der Waals surface area (Å²) in [6.45, 7) is 2.71. The van der Waals surface area contributed by atoms with E-state index in [-0.39, 0.29) is 23.8 Å². The Labute approximate surface area is 187 Å². The van der Waals surface area contributed by atoms with E-state index in [9.17, 15) is 14.7 Å². The quantitative estimate of drug-likeness (QED) is 0.300. The van der Waals surface area contributed by atoms with Crippen LogP contribution in [-0.2, 0) is 16.1 Å². The normalized spacial score (nSPS) is 19.7. The van der Waals surface area contributed by atoms with Crippen LogP contribution in [0.2, 0.25) is 0 Å². The van der Waals surface area contributed by atoms with Gasteiger partial charge < -0.3 is 10.4 Å². The van der Waals surface area contributed by atoms with Crippen LogP contribution in [0.4, 0.5) is 0 Å². The molecule has 1 fully saturated rings. The van der Waals surface area contributed by atoms with Crippen molar-refractivity contribution in [2.24, 2.45) is 11.8 Å². The number of amides is 1. The second-order valence-corrected chi connectivity index (χ2v) is 8.81. The molecule has 1 aromatic rings. The lowest BCUT2D eigenvalue weighted by atomic mass is 9.89. The standard InChI is InChI=1S/C26H40N2O3/c1-2-3-6-9-23(29)14-12-22-13-15-25(30)24(22)10-7-4-5-8-11-26(31)28-20-21-16-18-27-19-17-21/h12,14,16-19,22-24,29H,2-11,13,15,20H2,1H3,(H,28,31)/b14-12+/t22-,23-,24+/m0/s1. The Kier molecular flexibility index (Phi) is 12.1. The van der Waals surface area contributed by atoms with Crippen molar-refractivity contribution in [3.63, 3.8) is 0 Å². The number of aromatic nitrogens is 1. The number of pyridine rings is 1. The number of Topliss-reactive ketones (excluding diaryl/α,β-unsaturated/α-hetero) is 1. The molecule has 1 saturated carbocycles. The van der Waals surface area contributed by atoms with Gasteiger partial charge in [0.2, 0.25) is 5.91 Å². The molecular weight excluding hydrogens is 388 g/mol. The molecule has 0 aromatic carbocycles. The summed E-state index contributed by atoms with van der Waals surface area (Å²) in [5.41, 5.74) is 1.06. The van der Waals surface area contributed by atoms with E-state index < -0.39 is 0 Å². The molecule has 1 amide bonds. The number of rotatable bonds is 15. The van der Waals surface area contributed by atoms with Gasteiger partial charge in [0.1, 0.15) is 5.78 Å². The fraction of sp³-hybridized carbons (Fsp3) is 0.654. The van der Waals surface area contributed by atoms with Crippen LogP contribution in [0.15, 0.2) is 36.7 Å². The lowest BCUT2D eigenvalue weighted by molar-refractivity contribution is -0.122. The average Bonchev–Trinajstić information content (AvgIpc) is 3.13. The van der Waals surface area contributed by atoms with Crippen LogP contribution in [0, 0.1) is 11.8 Å². The lowest BCUT2D eigenvalue weighted by Gasteiger charge is -2.15. The topological polar surface area (TPSA) is 79.3 Å². The predicted octanol–water partition coefficient (Wildman–Crippen LogP) is 5.13. The van der Waals surface area contributed by atoms with Crippen LogP contribution in [0.5, 0.6) is 0 Å². The third kappa shape index (κ3) is 10.2. The van der Waals surface area contributed by atoms with E-state index in [2.05, 4.69) is 23.3 Å². The number of hydrogen-bond donors (Lipinski definition) is 2. The molecule has 5 nitrogen and oxygen atoms in total. The Morgan fingerprint density at radius 2 is 1.97 bits per heavy atom. The minimum absolute atomic E-state index is 0.0884. The first-order chi connectivity index (χ1) is 15.1. The maximum absolute atomic E-state index is 12.3. The molecule has 1 aliphatic carbocycles. The van der Waals surface area contributed by atoms with Crippen molar-refractivity contribution >= 4 is 11.7 Å².